The van der Waals surface area contributed by atoms with Crippen LogP contribution < -0.4 is 4.90 Å². The van der Waals surface area contributed by atoms with Gasteiger partial charge in [-0.05, 0) is 64.0 Å². The van der Waals surface area contributed by atoms with Gasteiger partial charge in [0.1, 0.15) is 0 Å². The number of hydrogen-bond acceptors (Lipinski definition) is 4. The van der Waals surface area contributed by atoms with E-state index in [1.165, 1.54) is 21.9 Å². The summed E-state index contributed by atoms with van der Waals surface area (Å²) >= 11 is 0. The maximum absolute atomic E-state index is 5.27. The van der Waals surface area contributed by atoms with Gasteiger partial charge in [-0.15, -0.1) is 0 Å². The van der Waals surface area contributed by atoms with Crippen molar-refractivity contribution < 1.29 is 0 Å². The molecule has 0 bridgehead atoms. The molecule has 0 atom stereocenters. The Hall–Kier alpha value is -8.41. The number of para-hydroxylation sites is 1. The monoisotopic (exact) mass is 791 g/mol. The Labute approximate surface area is 359 Å². The molecule has 290 valence electrons. The first kappa shape index (κ1) is 35.5. The van der Waals surface area contributed by atoms with E-state index in [0.29, 0.717) is 17.6 Å². The molecule has 0 saturated heterocycles. The van der Waals surface area contributed by atoms with Crippen LogP contribution in [0.3, 0.4) is 0 Å². The standard InChI is InChI=1S/C57H37N5/c1-6-18-38(19-7-1)39-32-35-45(36-33-39)61(44-27-14-5-15-28-44)54-47-30-16-26-41-34-37-49-53(50(41)47)52-46(51(54)40-20-8-2-9-21-40)29-17-31-48(52)62(49)57-59-55(42-22-10-3-11-23-42)58-56(60-57)43-24-12-4-13-25-43/h1-37H. The van der Waals surface area contributed by atoms with E-state index in [1.54, 1.807) is 0 Å². The van der Waals surface area contributed by atoms with Crippen molar-refractivity contribution in [2.45, 2.75) is 0 Å². The van der Waals surface area contributed by atoms with Crippen LogP contribution in [0, 0.1) is 0 Å². The lowest BCUT2D eigenvalue weighted by molar-refractivity contribution is 0.953. The van der Waals surface area contributed by atoms with Gasteiger partial charge in [0.2, 0.25) is 5.95 Å². The molecule has 62 heavy (non-hydrogen) atoms. The number of benzene rings is 9. The molecule has 0 unspecified atom stereocenters. The molecule has 1 aliphatic rings. The molecule has 0 N–H and O–H groups in total. The van der Waals surface area contributed by atoms with Gasteiger partial charge in [0.15, 0.2) is 11.6 Å². The van der Waals surface area contributed by atoms with Gasteiger partial charge in [-0.1, -0.05) is 188 Å². The van der Waals surface area contributed by atoms with E-state index in [-0.39, 0.29) is 0 Å². The number of aromatic nitrogens is 4. The van der Waals surface area contributed by atoms with Gasteiger partial charge in [0.05, 0.1) is 16.7 Å². The lowest BCUT2D eigenvalue weighted by atomic mass is 9.91. The smallest absolute Gasteiger partial charge is 0.238 e. The second-order valence-electron chi connectivity index (χ2n) is 15.6. The van der Waals surface area contributed by atoms with Crippen LogP contribution >= 0.6 is 0 Å². The zero-order chi connectivity index (χ0) is 41.0. The molecule has 0 radical (unpaired) electrons. The quantitative estimate of drug-likeness (QED) is 0.154. The minimum absolute atomic E-state index is 0.571. The van der Waals surface area contributed by atoms with Gasteiger partial charge < -0.3 is 4.90 Å². The summed E-state index contributed by atoms with van der Waals surface area (Å²) in [6, 6.07) is 79.5. The molecule has 0 spiro atoms. The van der Waals surface area contributed by atoms with Gasteiger partial charge in [-0.2, -0.15) is 9.97 Å². The molecule has 12 rings (SSSR count). The molecule has 1 aliphatic carbocycles. The van der Waals surface area contributed by atoms with Crippen LogP contribution in [0.2, 0.25) is 0 Å². The van der Waals surface area contributed by atoms with Crippen molar-refractivity contribution in [2.75, 3.05) is 4.90 Å². The molecule has 0 fully saturated rings. The minimum Gasteiger partial charge on any atom is -0.309 e. The summed E-state index contributed by atoms with van der Waals surface area (Å²) in [5, 5.41) is 4.67. The van der Waals surface area contributed by atoms with Crippen molar-refractivity contribution in [3.63, 3.8) is 0 Å². The zero-order valence-corrected chi connectivity index (χ0v) is 33.6. The third-order valence-corrected chi connectivity index (χ3v) is 12.0. The van der Waals surface area contributed by atoms with Crippen molar-refractivity contribution in [3.05, 3.63) is 241 Å². The van der Waals surface area contributed by atoms with Crippen LogP contribution in [0.4, 0.5) is 11.4 Å². The summed E-state index contributed by atoms with van der Waals surface area (Å²) in [6.07, 6.45) is 0. The van der Waals surface area contributed by atoms with E-state index in [2.05, 4.69) is 198 Å². The Morgan fingerprint density at radius 2 is 0.823 bits per heavy atom. The molecule has 5 nitrogen and oxygen atoms in total. The Balaban J connectivity index is 1.19. The first-order valence-corrected chi connectivity index (χ1v) is 21.0. The summed E-state index contributed by atoms with van der Waals surface area (Å²) in [5.74, 6) is 1.82. The molecule has 11 aromatic rings. The predicted octanol–water partition coefficient (Wildman–Crippen LogP) is 14.2. The van der Waals surface area contributed by atoms with Gasteiger partial charge in [-0.3, -0.25) is 4.57 Å². The highest BCUT2D eigenvalue weighted by Gasteiger charge is 2.31. The summed E-state index contributed by atoms with van der Waals surface area (Å²) < 4.78 is 2.25. The van der Waals surface area contributed by atoms with E-state index in [0.717, 1.165) is 72.3 Å². The Morgan fingerprint density at radius 1 is 0.323 bits per heavy atom. The average molecular weight is 792 g/mol. The highest BCUT2D eigenvalue weighted by atomic mass is 15.2. The van der Waals surface area contributed by atoms with Gasteiger partial charge in [0, 0.05) is 49.8 Å². The highest BCUT2D eigenvalue weighted by molar-refractivity contribution is 6.31. The number of nitrogens with zero attached hydrogens (tertiary/aromatic N) is 5. The molecule has 5 heteroatoms. The topological polar surface area (TPSA) is 46.8 Å². The average Bonchev–Trinajstić information content (AvgIpc) is 3.64. The summed E-state index contributed by atoms with van der Waals surface area (Å²) in [7, 11) is 0. The van der Waals surface area contributed by atoms with E-state index < -0.39 is 0 Å². The van der Waals surface area contributed by atoms with Crippen molar-refractivity contribution >= 4 is 55.2 Å². The maximum Gasteiger partial charge on any atom is 0.238 e. The Kier molecular flexibility index (Phi) is 8.42. The van der Waals surface area contributed by atoms with Crippen LogP contribution in [0.1, 0.15) is 16.7 Å². The molecule has 2 heterocycles. The summed E-state index contributed by atoms with van der Waals surface area (Å²) in [5.41, 5.74) is 14.1. The normalized spacial score (nSPS) is 12.1. The van der Waals surface area contributed by atoms with Crippen LogP contribution in [0.5, 0.6) is 0 Å². The minimum atomic E-state index is 0.571. The van der Waals surface area contributed by atoms with E-state index >= 15 is 0 Å². The fraction of sp³-hybridized carbons (Fsp3) is 0. The second kappa shape index (κ2) is 14.7. The van der Waals surface area contributed by atoms with E-state index in [4.69, 9.17) is 15.0 Å². The second-order valence-corrected chi connectivity index (χ2v) is 15.6. The molecule has 2 aromatic heterocycles. The lowest BCUT2D eigenvalue weighted by Crippen LogP contribution is -2.18. The van der Waals surface area contributed by atoms with Gasteiger partial charge in [0.25, 0.3) is 0 Å². The lowest BCUT2D eigenvalue weighted by Gasteiger charge is -2.31. The Bertz CT molecular complexity index is 3410. The third kappa shape index (κ3) is 5.82. The van der Waals surface area contributed by atoms with Crippen molar-refractivity contribution in [3.8, 4) is 39.9 Å². The molecular weight excluding hydrogens is 755 g/mol. The fourth-order valence-corrected chi connectivity index (χ4v) is 9.25. The van der Waals surface area contributed by atoms with Crippen LogP contribution in [-0.2, 0) is 0 Å². The summed E-state index contributed by atoms with van der Waals surface area (Å²) in [4.78, 5) is 18.0. The van der Waals surface area contributed by atoms with Crippen LogP contribution in [-0.4, -0.2) is 19.5 Å². The molecule has 9 aromatic carbocycles. The molecule has 0 saturated carbocycles. The van der Waals surface area contributed by atoms with Crippen LogP contribution in [0.15, 0.2) is 224 Å². The summed E-state index contributed by atoms with van der Waals surface area (Å²) in [6.45, 7) is 0. The van der Waals surface area contributed by atoms with E-state index in [1.807, 2.05) is 36.4 Å². The molecule has 0 aliphatic heterocycles. The van der Waals surface area contributed by atoms with E-state index in [9.17, 15) is 0 Å². The first-order valence-electron chi connectivity index (χ1n) is 21.0. The van der Waals surface area contributed by atoms with Crippen molar-refractivity contribution in [1.29, 1.82) is 0 Å². The van der Waals surface area contributed by atoms with Gasteiger partial charge >= 0.3 is 0 Å². The molecular formula is C57H37N5. The number of hydrogen-bond donors (Lipinski definition) is 0. The maximum atomic E-state index is 5.27. The van der Waals surface area contributed by atoms with Gasteiger partial charge in [-0.25, -0.2) is 4.98 Å². The number of rotatable bonds is 8. The fourth-order valence-electron chi connectivity index (χ4n) is 9.25. The van der Waals surface area contributed by atoms with Crippen LogP contribution in [0.25, 0.3) is 83.7 Å². The highest BCUT2D eigenvalue weighted by Crippen LogP contribution is 2.51. The largest absolute Gasteiger partial charge is 0.309 e. The Morgan fingerprint density at radius 3 is 1.45 bits per heavy atom. The number of anilines is 2. The molecule has 0 amide bonds. The predicted molar refractivity (Wildman–Crippen MR) is 255 cm³/mol. The first-order chi connectivity index (χ1) is 30.8. The SMILES string of the molecule is c1ccc(C2=C(N(c3ccccc3)c3ccc(-c4ccccc4)cc3)c3cccc4ccc5c(c34)c3c2cccc3n5-c2nc(-c3ccccc3)nc(-c3ccccc3)n2)cc1. The third-order valence-electron chi connectivity index (χ3n) is 12.0. The van der Waals surface area contributed by atoms with Crippen molar-refractivity contribution in [1.82, 2.24) is 19.5 Å². The zero-order valence-electron chi connectivity index (χ0n) is 33.6. The van der Waals surface area contributed by atoms with Crippen molar-refractivity contribution in [2.24, 2.45) is 0 Å².